The molecule has 14 aromatic rings. The van der Waals surface area contributed by atoms with Gasteiger partial charge in [-0.15, -0.1) is 11.3 Å². The van der Waals surface area contributed by atoms with Crippen LogP contribution in [0.4, 0.5) is 45.5 Å². The molecule has 0 unspecified atom stereocenters. The molecule has 1 aliphatic carbocycles. The molecule has 4 heterocycles. The molecular weight excluding hydrogens is 1220 g/mol. The molecule has 0 saturated carbocycles. The molecule has 0 bridgehead atoms. The lowest BCUT2D eigenvalue weighted by Gasteiger charge is -2.48. The van der Waals surface area contributed by atoms with Gasteiger partial charge in [0.1, 0.15) is 11.5 Å². The summed E-state index contributed by atoms with van der Waals surface area (Å²) in [7, 11) is 0. The summed E-state index contributed by atoms with van der Waals surface area (Å²) in [5.41, 5.74) is 28.6. The van der Waals surface area contributed by atoms with Gasteiger partial charge < -0.3 is 19.0 Å². The molecule has 2 aliphatic heterocycles. The molecule has 0 spiro atoms. The predicted octanol–water partition coefficient (Wildman–Crippen LogP) is 25.5. The first-order chi connectivity index (χ1) is 47.4. The summed E-state index contributed by atoms with van der Waals surface area (Å²) in [6.45, 7) is 32.4. The van der Waals surface area contributed by atoms with Gasteiger partial charge in [-0.1, -0.05) is 267 Å². The highest BCUT2D eigenvalue weighted by Crippen LogP contribution is 2.60. The third kappa shape index (κ3) is 10.1. The van der Waals surface area contributed by atoms with Crippen LogP contribution in [0.2, 0.25) is 0 Å². The van der Waals surface area contributed by atoms with E-state index >= 15 is 0 Å². The Bertz CT molecular complexity index is 5480. The lowest BCUT2D eigenvalue weighted by Crippen LogP contribution is -2.62. The smallest absolute Gasteiger partial charge is 0.333 e. The molecule has 99 heavy (non-hydrogen) atoms. The van der Waals surface area contributed by atoms with Gasteiger partial charge in [-0.05, 0) is 173 Å². The van der Waals surface area contributed by atoms with Crippen molar-refractivity contribution in [3.63, 3.8) is 0 Å². The summed E-state index contributed by atoms with van der Waals surface area (Å²) in [4.78, 5) is 7.90. The van der Waals surface area contributed by atoms with Gasteiger partial charge in [-0.2, -0.15) is 0 Å². The Morgan fingerprint density at radius 3 is 1.45 bits per heavy atom. The molecule has 0 amide bonds. The van der Waals surface area contributed by atoms with Crippen LogP contribution in [0.1, 0.15) is 130 Å². The van der Waals surface area contributed by atoms with Crippen LogP contribution in [0.25, 0.3) is 87.0 Å². The van der Waals surface area contributed by atoms with E-state index in [4.69, 9.17) is 4.42 Å². The average Bonchev–Trinajstić information content (AvgIpc) is 1.64. The number of hydrogen-bond donors (Lipinski definition) is 0. The maximum Gasteiger partial charge on any atom is 0.333 e. The Morgan fingerprint density at radius 2 is 0.879 bits per heavy atom. The number of benzene rings is 12. The van der Waals surface area contributed by atoms with Gasteiger partial charge in [0.05, 0.1) is 5.69 Å². The Labute approximate surface area is 589 Å². The first-order valence-electron chi connectivity index (χ1n) is 35.3. The van der Waals surface area contributed by atoms with E-state index in [2.05, 4.69) is 366 Å². The number of thiophene rings is 1. The fourth-order valence-corrected chi connectivity index (χ4v) is 17.4. The lowest BCUT2D eigenvalue weighted by molar-refractivity contribution is 0.590. The zero-order chi connectivity index (χ0) is 68.4. The van der Waals surface area contributed by atoms with Gasteiger partial charge in [-0.25, -0.2) is 0 Å². The molecule has 12 aromatic carbocycles. The minimum Gasteiger partial charge on any atom is -0.455 e. The molecule has 6 heteroatoms. The van der Waals surface area contributed by atoms with Crippen LogP contribution >= 0.6 is 11.3 Å². The zero-order valence-electron chi connectivity index (χ0n) is 59.5. The molecule has 0 radical (unpaired) electrons. The van der Waals surface area contributed by atoms with Crippen LogP contribution in [-0.4, -0.2) is 6.85 Å². The van der Waals surface area contributed by atoms with Crippen LogP contribution in [-0.2, 0) is 27.1 Å². The van der Waals surface area contributed by atoms with Gasteiger partial charge in [-0.3, -0.25) is 0 Å². The van der Waals surface area contributed by atoms with Crippen molar-refractivity contribution in [1.29, 1.82) is 0 Å². The quantitative estimate of drug-likeness (QED) is 0.141. The SMILES string of the molecule is CC(C)(C)c1ccc(N2B3c4cc5c(-c6ccccc6)oc(-c6ccccc6)c5cc4N(c4ccc(C(C)(C)C)cc4-c4ccccc4)c4c3c(cc3c4C(C)(C)c4ccccc4-3)-c3cc4c(cc32)sc2cc(N(c3ccc(C(C)(C)C)cc3)c3ccc(C(C)(C)C)cc3)ccc24)cc1. The molecule has 4 nitrogen and oxygen atoms in total. The van der Waals surface area contributed by atoms with Crippen molar-refractivity contribution in [2.75, 3.05) is 14.6 Å². The summed E-state index contributed by atoms with van der Waals surface area (Å²) >= 11 is 1.90. The highest BCUT2D eigenvalue weighted by molar-refractivity contribution is 7.26. The standard InChI is InChI=1S/C93H84BN3OS/c1-89(2,3)60-34-41-64(42-35-60)95(65-43-36-61(37-44-65)90(4,5)6)67-47-48-69-72-52-71-74-53-73-68-32-24-25-33-77(68)93(13,14)84(73)86-85(74)94(97(80(71)56-83(72)99-82(69)51-67)66-45-38-62(39-46-66)91(7,8)9)78-54-75-76(88(59-30-22-17-23-31-59)98-87(75)58-28-20-16-21-29-58)55-81(78)96(86)79-49-40-63(92(10,11)12)50-70(79)57-26-18-15-19-27-57/h15-56H,1-14H3. The second-order valence-electron chi connectivity index (χ2n) is 32.6. The van der Waals surface area contributed by atoms with Crippen LogP contribution < -0.4 is 25.5 Å². The maximum absolute atomic E-state index is 7.44. The number of anilines is 8. The number of rotatable bonds is 8. The lowest BCUT2D eigenvalue weighted by atomic mass is 9.42. The van der Waals surface area contributed by atoms with Crippen molar-refractivity contribution >= 4 is 106 Å². The van der Waals surface area contributed by atoms with Gasteiger partial charge in [0, 0.05) is 98.4 Å². The number of nitrogens with zero attached hydrogens (tertiary/aromatic N) is 3. The summed E-state index contributed by atoms with van der Waals surface area (Å²) in [5.74, 6) is 1.72. The third-order valence-corrected chi connectivity index (χ3v) is 22.8. The number of hydrogen-bond acceptors (Lipinski definition) is 5. The van der Waals surface area contributed by atoms with E-state index in [1.165, 1.54) is 109 Å². The molecule has 0 N–H and O–H groups in total. The number of furan rings is 1. The molecular formula is C93H84BN3OS. The van der Waals surface area contributed by atoms with Crippen molar-refractivity contribution in [3.8, 4) is 56.0 Å². The van der Waals surface area contributed by atoms with Crippen molar-refractivity contribution in [3.05, 3.63) is 288 Å². The monoisotopic (exact) mass is 1300 g/mol. The molecule has 2 aromatic heterocycles. The van der Waals surface area contributed by atoms with E-state index in [0.29, 0.717) is 0 Å². The fraction of sp³-hybridized carbons (Fsp3) is 0.204. The van der Waals surface area contributed by atoms with Crippen LogP contribution in [0.3, 0.4) is 0 Å². The molecule has 0 fully saturated rings. The number of fused-ring (bicyclic) bond motifs is 12. The summed E-state index contributed by atoms with van der Waals surface area (Å²) in [6.07, 6.45) is 0. The summed E-state index contributed by atoms with van der Waals surface area (Å²) in [5, 5.41) is 4.66. The van der Waals surface area contributed by atoms with Crippen LogP contribution in [0.5, 0.6) is 0 Å². The Morgan fingerprint density at radius 1 is 0.374 bits per heavy atom. The molecule has 17 rings (SSSR count). The highest BCUT2D eigenvalue weighted by atomic mass is 32.1. The molecule has 486 valence electrons. The predicted molar refractivity (Wildman–Crippen MR) is 426 cm³/mol. The van der Waals surface area contributed by atoms with E-state index in [1.807, 2.05) is 11.3 Å². The Hall–Kier alpha value is -10.1. The van der Waals surface area contributed by atoms with E-state index in [-0.39, 0.29) is 28.5 Å². The third-order valence-electron chi connectivity index (χ3n) is 21.6. The van der Waals surface area contributed by atoms with E-state index in [1.54, 1.807) is 0 Å². The van der Waals surface area contributed by atoms with Gasteiger partial charge in [0.2, 0.25) is 0 Å². The Balaban J connectivity index is 0.995. The van der Waals surface area contributed by atoms with Crippen molar-refractivity contribution in [2.45, 2.75) is 124 Å². The normalized spacial score (nSPS) is 14.0. The maximum atomic E-state index is 7.44. The zero-order valence-corrected chi connectivity index (χ0v) is 60.3. The van der Waals surface area contributed by atoms with Crippen molar-refractivity contribution < 1.29 is 4.42 Å². The van der Waals surface area contributed by atoms with E-state index in [0.717, 1.165) is 67.5 Å². The average molecular weight is 1300 g/mol. The van der Waals surface area contributed by atoms with E-state index < -0.39 is 5.41 Å². The largest absolute Gasteiger partial charge is 0.455 e. The van der Waals surface area contributed by atoms with E-state index in [9.17, 15) is 0 Å². The molecule has 3 aliphatic rings. The second-order valence-corrected chi connectivity index (χ2v) is 33.6. The topological polar surface area (TPSA) is 22.9 Å². The van der Waals surface area contributed by atoms with Gasteiger partial charge in [0.25, 0.3) is 0 Å². The van der Waals surface area contributed by atoms with Crippen LogP contribution in [0.15, 0.2) is 259 Å². The van der Waals surface area contributed by atoms with Crippen LogP contribution in [0, 0.1) is 0 Å². The highest BCUT2D eigenvalue weighted by Gasteiger charge is 2.51. The summed E-state index contributed by atoms with van der Waals surface area (Å²) in [6, 6.07) is 97.2. The minimum atomic E-state index is -0.411. The second kappa shape index (κ2) is 22.4. The molecule has 0 saturated heterocycles. The Kier molecular flexibility index (Phi) is 14.1. The minimum absolute atomic E-state index is 0.0249. The fourth-order valence-electron chi connectivity index (χ4n) is 16.3. The van der Waals surface area contributed by atoms with Gasteiger partial charge in [0.15, 0.2) is 0 Å². The van der Waals surface area contributed by atoms with Crippen molar-refractivity contribution in [2.24, 2.45) is 0 Å². The van der Waals surface area contributed by atoms with Crippen molar-refractivity contribution in [1.82, 2.24) is 0 Å². The molecule has 0 atom stereocenters. The van der Waals surface area contributed by atoms with Gasteiger partial charge >= 0.3 is 6.85 Å². The summed E-state index contributed by atoms with van der Waals surface area (Å²) < 4.78 is 9.93. The first kappa shape index (κ1) is 62.4. The first-order valence-corrected chi connectivity index (χ1v) is 36.1.